The van der Waals surface area contributed by atoms with Gasteiger partial charge in [-0.25, -0.2) is 9.78 Å². The number of nitrogens with one attached hydrogen (secondary N) is 1. The number of anilines is 1. The van der Waals surface area contributed by atoms with Gasteiger partial charge in [-0.15, -0.1) is 0 Å². The van der Waals surface area contributed by atoms with E-state index in [1.807, 2.05) is 35.2 Å². The summed E-state index contributed by atoms with van der Waals surface area (Å²) in [5.74, 6) is 0.789. The van der Waals surface area contributed by atoms with Crippen LogP contribution in [0.25, 0.3) is 10.2 Å². The molecule has 1 N–H and O–H groups in total. The molecule has 4 rings (SSSR count). The second-order valence-corrected chi connectivity index (χ2v) is 6.75. The molecule has 3 aromatic rings. The highest BCUT2D eigenvalue weighted by molar-refractivity contribution is 7.22. The number of hydrogen-bond acceptors (Lipinski definition) is 4. The molecule has 24 heavy (non-hydrogen) atoms. The van der Waals surface area contributed by atoms with Crippen LogP contribution in [0.1, 0.15) is 11.1 Å². The minimum Gasteiger partial charge on any atom is -0.497 e. The fourth-order valence-corrected chi connectivity index (χ4v) is 3.81. The molecule has 0 radical (unpaired) electrons. The molecule has 1 aromatic heterocycles. The number of amides is 2. The minimum atomic E-state index is -0.101. The van der Waals surface area contributed by atoms with E-state index in [4.69, 9.17) is 4.74 Å². The van der Waals surface area contributed by atoms with Crippen molar-refractivity contribution in [2.75, 3.05) is 19.0 Å². The van der Waals surface area contributed by atoms with E-state index < -0.39 is 0 Å². The zero-order valence-corrected chi connectivity index (χ0v) is 14.1. The average Bonchev–Trinajstić information content (AvgIpc) is 3.02. The number of carbonyl (C=O) groups is 1. The van der Waals surface area contributed by atoms with Crippen LogP contribution in [-0.2, 0) is 13.0 Å². The molecule has 6 heteroatoms. The van der Waals surface area contributed by atoms with Crippen molar-refractivity contribution in [3.63, 3.8) is 0 Å². The molecular weight excluding hydrogens is 322 g/mol. The van der Waals surface area contributed by atoms with Crippen molar-refractivity contribution in [1.82, 2.24) is 9.88 Å². The third-order valence-corrected chi connectivity index (χ3v) is 5.16. The summed E-state index contributed by atoms with van der Waals surface area (Å²) in [6.07, 6.45) is 0.890. The fraction of sp³-hybridized carbons (Fsp3) is 0.222. The number of carbonyl (C=O) groups excluding carboxylic acids is 1. The molecule has 2 heterocycles. The first-order chi connectivity index (χ1) is 11.7. The largest absolute Gasteiger partial charge is 0.497 e. The third-order valence-electron chi connectivity index (χ3n) is 4.23. The molecule has 0 saturated heterocycles. The Morgan fingerprint density at radius 3 is 2.92 bits per heavy atom. The fourth-order valence-electron chi connectivity index (χ4n) is 2.92. The standard InChI is InChI=1S/C18H17N3O2S/c1-23-14-6-7-15-16(10-14)24-17(19-15)20-18(22)21-9-8-12-4-2-3-5-13(12)11-21/h2-7,10H,8-9,11H2,1H3,(H,19,20,22). The molecule has 0 bridgehead atoms. The Morgan fingerprint density at radius 1 is 1.25 bits per heavy atom. The van der Waals surface area contributed by atoms with Crippen molar-refractivity contribution in [1.29, 1.82) is 0 Å². The summed E-state index contributed by atoms with van der Waals surface area (Å²) in [6.45, 7) is 1.36. The van der Waals surface area contributed by atoms with Crippen LogP contribution >= 0.6 is 11.3 Å². The summed E-state index contributed by atoms with van der Waals surface area (Å²) >= 11 is 1.46. The Hall–Kier alpha value is -2.60. The number of fused-ring (bicyclic) bond motifs is 2. The van der Waals surface area contributed by atoms with Gasteiger partial charge in [0, 0.05) is 13.1 Å². The van der Waals surface area contributed by atoms with E-state index >= 15 is 0 Å². The zero-order valence-electron chi connectivity index (χ0n) is 13.3. The maximum absolute atomic E-state index is 12.5. The Labute approximate surface area is 143 Å². The van der Waals surface area contributed by atoms with Gasteiger partial charge < -0.3 is 9.64 Å². The Bertz CT molecular complexity index is 906. The molecule has 0 unspecified atom stereocenters. The number of hydrogen-bond donors (Lipinski definition) is 1. The maximum atomic E-state index is 12.5. The lowest BCUT2D eigenvalue weighted by molar-refractivity contribution is 0.206. The van der Waals surface area contributed by atoms with Crippen LogP contribution in [0.3, 0.4) is 0 Å². The smallest absolute Gasteiger partial charge is 0.323 e. The second kappa shape index (κ2) is 6.13. The summed E-state index contributed by atoms with van der Waals surface area (Å²) in [4.78, 5) is 18.8. The third kappa shape index (κ3) is 2.80. The number of ether oxygens (including phenoxy) is 1. The van der Waals surface area contributed by atoms with Crippen molar-refractivity contribution in [2.45, 2.75) is 13.0 Å². The van der Waals surface area contributed by atoms with Crippen molar-refractivity contribution in [3.8, 4) is 5.75 Å². The topological polar surface area (TPSA) is 54.5 Å². The predicted molar refractivity (Wildman–Crippen MR) is 95.7 cm³/mol. The van der Waals surface area contributed by atoms with Crippen LogP contribution in [0.2, 0.25) is 0 Å². The Balaban J connectivity index is 1.50. The van der Waals surface area contributed by atoms with E-state index in [-0.39, 0.29) is 6.03 Å². The van der Waals surface area contributed by atoms with Gasteiger partial charge in [0.25, 0.3) is 0 Å². The molecule has 0 fully saturated rings. The highest BCUT2D eigenvalue weighted by atomic mass is 32.1. The van der Waals surface area contributed by atoms with Gasteiger partial charge in [0.1, 0.15) is 5.75 Å². The van der Waals surface area contributed by atoms with E-state index in [1.54, 1.807) is 7.11 Å². The first-order valence-electron chi connectivity index (χ1n) is 7.80. The van der Waals surface area contributed by atoms with Crippen LogP contribution in [0.4, 0.5) is 9.93 Å². The van der Waals surface area contributed by atoms with Crippen molar-refractivity contribution >= 4 is 32.7 Å². The predicted octanol–water partition coefficient (Wildman–Crippen LogP) is 3.90. The monoisotopic (exact) mass is 339 g/mol. The number of rotatable bonds is 2. The van der Waals surface area contributed by atoms with Crippen LogP contribution in [0.5, 0.6) is 5.75 Å². The van der Waals surface area contributed by atoms with Gasteiger partial charge in [0.05, 0.1) is 17.3 Å². The average molecular weight is 339 g/mol. The van der Waals surface area contributed by atoms with E-state index in [2.05, 4.69) is 22.4 Å². The number of benzene rings is 2. The first-order valence-corrected chi connectivity index (χ1v) is 8.62. The molecular formula is C18H17N3O2S. The maximum Gasteiger partial charge on any atom is 0.323 e. The number of nitrogens with zero attached hydrogens (tertiary/aromatic N) is 2. The number of thiazole rings is 1. The molecule has 0 aliphatic carbocycles. The lowest BCUT2D eigenvalue weighted by Crippen LogP contribution is -2.38. The van der Waals surface area contributed by atoms with Crippen LogP contribution < -0.4 is 10.1 Å². The number of urea groups is 1. The van der Waals surface area contributed by atoms with Gasteiger partial charge in [-0.1, -0.05) is 35.6 Å². The van der Waals surface area contributed by atoms with Gasteiger partial charge in [0.15, 0.2) is 5.13 Å². The van der Waals surface area contributed by atoms with E-state index in [1.165, 1.54) is 22.5 Å². The summed E-state index contributed by atoms with van der Waals surface area (Å²) in [5.41, 5.74) is 3.40. The molecule has 2 amide bonds. The summed E-state index contributed by atoms with van der Waals surface area (Å²) in [7, 11) is 1.64. The van der Waals surface area contributed by atoms with Gasteiger partial charge in [-0.3, -0.25) is 5.32 Å². The van der Waals surface area contributed by atoms with Gasteiger partial charge >= 0.3 is 6.03 Å². The molecule has 0 spiro atoms. The van der Waals surface area contributed by atoms with Gasteiger partial charge in [-0.05, 0) is 35.7 Å². The SMILES string of the molecule is COc1ccc2nc(NC(=O)N3CCc4ccccc4C3)sc2c1. The first kappa shape index (κ1) is 15.0. The zero-order chi connectivity index (χ0) is 16.5. The Morgan fingerprint density at radius 2 is 2.08 bits per heavy atom. The summed E-state index contributed by atoms with van der Waals surface area (Å²) in [6, 6.07) is 13.9. The molecule has 1 aliphatic heterocycles. The van der Waals surface area contributed by atoms with Crippen molar-refractivity contribution < 1.29 is 9.53 Å². The van der Waals surface area contributed by atoms with Crippen LogP contribution in [-0.4, -0.2) is 29.6 Å². The number of aromatic nitrogens is 1. The van der Waals surface area contributed by atoms with E-state index in [0.717, 1.165) is 28.9 Å². The normalized spacial score (nSPS) is 13.6. The molecule has 1 aliphatic rings. The van der Waals surface area contributed by atoms with Gasteiger partial charge in [0.2, 0.25) is 0 Å². The summed E-state index contributed by atoms with van der Waals surface area (Å²) in [5, 5.41) is 3.54. The molecule has 122 valence electrons. The van der Waals surface area contributed by atoms with Gasteiger partial charge in [-0.2, -0.15) is 0 Å². The molecule has 2 aromatic carbocycles. The van der Waals surface area contributed by atoms with E-state index in [9.17, 15) is 4.79 Å². The van der Waals surface area contributed by atoms with Crippen LogP contribution in [0, 0.1) is 0 Å². The van der Waals surface area contributed by atoms with Crippen LogP contribution in [0.15, 0.2) is 42.5 Å². The number of methoxy groups -OCH3 is 1. The van der Waals surface area contributed by atoms with Crippen molar-refractivity contribution in [3.05, 3.63) is 53.6 Å². The lowest BCUT2D eigenvalue weighted by atomic mass is 10.0. The molecule has 0 atom stereocenters. The molecule has 0 saturated carbocycles. The highest BCUT2D eigenvalue weighted by Crippen LogP contribution is 2.29. The minimum absolute atomic E-state index is 0.101. The van der Waals surface area contributed by atoms with E-state index in [0.29, 0.717) is 11.7 Å². The Kier molecular flexibility index (Phi) is 3.82. The highest BCUT2D eigenvalue weighted by Gasteiger charge is 2.21. The summed E-state index contributed by atoms with van der Waals surface area (Å²) < 4.78 is 6.22. The van der Waals surface area contributed by atoms with Crippen molar-refractivity contribution in [2.24, 2.45) is 0 Å². The molecule has 5 nitrogen and oxygen atoms in total. The quantitative estimate of drug-likeness (QED) is 0.770. The second-order valence-electron chi connectivity index (χ2n) is 5.72. The lowest BCUT2D eigenvalue weighted by Gasteiger charge is -2.28.